The van der Waals surface area contributed by atoms with Crippen LogP contribution in [-0.4, -0.2) is 27.1 Å². The highest BCUT2D eigenvalue weighted by molar-refractivity contribution is 5.09. The molecule has 0 saturated heterocycles. The van der Waals surface area contributed by atoms with Crippen LogP contribution in [0.15, 0.2) is 22.7 Å². The Bertz CT molecular complexity index is 511. The Labute approximate surface area is 106 Å². The van der Waals surface area contributed by atoms with Gasteiger partial charge in [0.1, 0.15) is 0 Å². The van der Waals surface area contributed by atoms with Gasteiger partial charge in [0, 0.05) is 12.2 Å². The summed E-state index contributed by atoms with van der Waals surface area (Å²) in [6, 6.07) is 5.99. The van der Waals surface area contributed by atoms with E-state index in [-0.39, 0.29) is 6.54 Å². The number of nitrogens with two attached hydrogens (primary N) is 1. The molecule has 96 valence electrons. The van der Waals surface area contributed by atoms with E-state index in [1.54, 1.807) is 0 Å². The van der Waals surface area contributed by atoms with Crippen LogP contribution in [0.1, 0.15) is 23.1 Å². The molecule has 18 heavy (non-hydrogen) atoms. The lowest BCUT2D eigenvalue weighted by Crippen LogP contribution is -2.19. The van der Waals surface area contributed by atoms with Crippen molar-refractivity contribution in [2.75, 3.05) is 7.05 Å². The summed E-state index contributed by atoms with van der Waals surface area (Å²) in [7, 11) is 1.99. The molecule has 2 N–H and O–H groups in total. The third kappa shape index (κ3) is 3.35. The van der Waals surface area contributed by atoms with Crippen LogP contribution in [0, 0.1) is 6.92 Å². The minimum atomic E-state index is 0.274. The van der Waals surface area contributed by atoms with E-state index in [0.717, 1.165) is 17.9 Å². The van der Waals surface area contributed by atoms with Gasteiger partial charge in [-0.2, -0.15) is 4.98 Å². The molecule has 2 rings (SSSR count). The van der Waals surface area contributed by atoms with Gasteiger partial charge in [-0.3, -0.25) is 9.88 Å². The molecule has 0 aliphatic heterocycles. The fraction of sp³-hybridized carbons (Fsp3) is 0.417. The Hall–Kier alpha value is -1.79. The van der Waals surface area contributed by atoms with E-state index in [1.165, 1.54) is 0 Å². The van der Waals surface area contributed by atoms with E-state index in [9.17, 15) is 0 Å². The van der Waals surface area contributed by atoms with Gasteiger partial charge in [-0.1, -0.05) is 11.2 Å². The quantitative estimate of drug-likeness (QED) is 0.844. The molecule has 0 radical (unpaired) electrons. The van der Waals surface area contributed by atoms with E-state index in [2.05, 4.69) is 20.0 Å². The van der Waals surface area contributed by atoms with Gasteiger partial charge in [-0.05, 0) is 26.1 Å². The van der Waals surface area contributed by atoms with Crippen LogP contribution in [0.25, 0.3) is 0 Å². The van der Waals surface area contributed by atoms with Crippen molar-refractivity contribution in [2.24, 2.45) is 5.73 Å². The van der Waals surface area contributed by atoms with Crippen LogP contribution >= 0.6 is 0 Å². The second kappa shape index (κ2) is 5.70. The topological polar surface area (TPSA) is 81.1 Å². The highest BCUT2D eigenvalue weighted by Crippen LogP contribution is 2.05. The molecule has 0 spiro atoms. The van der Waals surface area contributed by atoms with Gasteiger partial charge in [0.25, 0.3) is 0 Å². The standard InChI is InChI=1S/C12H17N5O/c1-9-4-3-5-10(14-9)7-17(2)8-11-15-12(6-13)18-16-11/h3-5H,6-8,13H2,1-2H3. The van der Waals surface area contributed by atoms with Gasteiger partial charge in [0.15, 0.2) is 5.82 Å². The largest absolute Gasteiger partial charge is 0.338 e. The van der Waals surface area contributed by atoms with Gasteiger partial charge in [-0.25, -0.2) is 0 Å². The molecule has 0 aliphatic carbocycles. The molecule has 0 bridgehead atoms. The van der Waals surface area contributed by atoms with E-state index in [0.29, 0.717) is 18.3 Å². The minimum Gasteiger partial charge on any atom is -0.338 e. The average Bonchev–Trinajstić information content (AvgIpc) is 2.76. The van der Waals surface area contributed by atoms with Crippen molar-refractivity contribution in [3.8, 4) is 0 Å². The van der Waals surface area contributed by atoms with Gasteiger partial charge in [0.2, 0.25) is 5.89 Å². The number of aryl methyl sites for hydroxylation is 1. The first-order valence-corrected chi connectivity index (χ1v) is 5.80. The molecule has 6 nitrogen and oxygen atoms in total. The maximum Gasteiger partial charge on any atom is 0.240 e. The fourth-order valence-corrected chi connectivity index (χ4v) is 1.70. The summed E-state index contributed by atoms with van der Waals surface area (Å²) < 4.78 is 4.96. The molecule has 0 fully saturated rings. The number of rotatable bonds is 5. The lowest BCUT2D eigenvalue weighted by atomic mass is 10.3. The third-order valence-electron chi connectivity index (χ3n) is 2.47. The van der Waals surface area contributed by atoms with Gasteiger partial charge in [0.05, 0.1) is 18.8 Å². The van der Waals surface area contributed by atoms with Gasteiger partial charge < -0.3 is 10.3 Å². The second-order valence-corrected chi connectivity index (χ2v) is 4.25. The first-order chi connectivity index (χ1) is 8.67. The molecule has 6 heteroatoms. The van der Waals surface area contributed by atoms with E-state index >= 15 is 0 Å². The van der Waals surface area contributed by atoms with Gasteiger partial charge in [-0.15, -0.1) is 0 Å². The Morgan fingerprint density at radius 3 is 2.78 bits per heavy atom. The van der Waals surface area contributed by atoms with Crippen molar-refractivity contribution < 1.29 is 4.52 Å². The zero-order valence-electron chi connectivity index (χ0n) is 10.6. The maximum atomic E-state index is 5.41. The summed E-state index contributed by atoms with van der Waals surface area (Å²) in [6.07, 6.45) is 0. The molecule has 0 aromatic carbocycles. The summed E-state index contributed by atoms with van der Waals surface area (Å²) in [5, 5.41) is 3.86. The zero-order valence-corrected chi connectivity index (χ0v) is 10.6. The van der Waals surface area contributed by atoms with E-state index in [4.69, 9.17) is 10.3 Å². The number of nitrogens with zero attached hydrogens (tertiary/aromatic N) is 4. The fourth-order valence-electron chi connectivity index (χ4n) is 1.70. The van der Waals surface area contributed by atoms with Crippen LogP contribution in [0.3, 0.4) is 0 Å². The van der Waals surface area contributed by atoms with Crippen LogP contribution in [0.2, 0.25) is 0 Å². The Morgan fingerprint density at radius 2 is 2.11 bits per heavy atom. The molecular weight excluding hydrogens is 230 g/mol. The molecule has 2 aromatic heterocycles. The van der Waals surface area contributed by atoms with Crippen LogP contribution < -0.4 is 5.73 Å². The average molecular weight is 247 g/mol. The summed E-state index contributed by atoms with van der Waals surface area (Å²) in [5.41, 5.74) is 7.46. The highest BCUT2D eigenvalue weighted by Gasteiger charge is 2.08. The number of pyridine rings is 1. The Kier molecular flexibility index (Phi) is 4.01. The summed E-state index contributed by atoms with van der Waals surface area (Å²) in [5.74, 6) is 1.11. The van der Waals surface area contributed by atoms with Gasteiger partial charge >= 0.3 is 0 Å². The van der Waals surface area contributed by atoms with Crippen LogP contribution in [-0.2, 0) is 19.6 Å². The summed E-state index contributed by atoms with van der Waals surface area (Å²) in [4.78, 5) is 10.7. The smallest absolute Gasteiger partial charge is 0.240 e. The highest BCUT2D eigenvalue weighted by atomic mass is 16.5. The molecule has 0 aliphatic rings. The van der Waals surface area contributed by atoms with Crippen LogP contribution in [0.5, 0.6) is 0 Å². The van der Waals surface area contributed by atoms with Crippen molar-refractivity contribution in [1.82, 2.24) is 20.0 Å². The molecular formula is C12H17N5O. The maximum absolute atomic E-state index is 5.41. The summed E-state index contributed by atoms with van der Waals surface area (Å²) >= 11 is 0. The SMILES string of the molecule is Cc1cccc(CN(C)Cc2noc(CN)n2)n1. The Balaban J connectivity index is 1.94. The number of aromatic nitrogens is 3. The first-order valence-electron chi connectivity index (χ1n) is 5.80. The van der Waals surface area contributed by atoms with Crippen molar-refractivity contribution in [3.05, 3.63) is 41.3 Å². The predicted molar refractivity (Wildman–Crippen MR) is 66.3 cm³/mol. The first kappa shape index (κ1) is 12.7. The third-order valence-corrected chi connectivity index (χ3v) is 2.47. The molecule has 2 aromatic rings. The lowest BCUT2D eigenvalue weighted by Gasteiger charge is -2.13. The molecule has 0 atom stereocenters. The minimum absolute atomic E-state index is 0.274. The zero-order chi connectivity index (χ0) is 13.0. The lowest BCUT2D eigenvalue weighted by molar-refractivity contribution is 0.296. The molecule has 2 heterocycles. The normalized spacial score (nSPS) is 11.1. The van der Waals surface area contributed by atoms with E-state index < -0.39 is 0 Å². The number of hydrogen-bond acceptors (Lipinski definition) is 6. The molecule has 0 saturated carbocycles. The number of hydrogen-bond donors (Lipinski definition) is 1. The van der Waals surface area contributed by atoms with Crippen molar-refractivity contribution in [3.63, 3.8) is 0 Å². The second-order valence-electron chi connectivity index (χ2n) is 4.25. The van der Waals surface area contributed by atoms with Crippen molar-refractivity contribution in [1.29, 1.82) is 0 Å². The van der Waals surface area contributed by atoms with Crippen LogP contribution in [0.4, 0.5) is 0 Å². The summed E-state index contributed by atoms with van der Waals surface area (Å²) in [6.45, 7) is 3.61. The van der Waals surface area contributed by atoms with E-state index in [1.807, 2.05) is 32.2 Å². The predicted octanol–water partition coefficient (Wildman–Crippen LogP) is 0.864. The molecule has 0 amide bonds. The molecule has 0 unspecified atom stereocenters. The Morgan fingerprint density at radius 1 is 1.28 bits per heavy atom. The monoisotopic (exact) mass is 247 g/mol. The van der Waals surface area contributed by atoms with Crippen molar-refractivity contribution in [2.45, 2.75) is 26.6 Å². The van der Waals surface area contributed by atoms with Crippen molar-refractivity contribution >= 4 is 0 Å².